The first-order valence-electron chi connectivity index (χ1n) is 5.83. The molecule has 1 atom stereocenters. The van der Waals surface area contributed by atoms with Crippen LogP contribution >= 0.6 is 11.3 Å². The van der Waals surface area contributed by atoms with Crippen molar-refractivity contribution in [2.24, 2.45) is 0 Å². The summed E-state index contributed by atoms with van der Waals surface area (Å²) < 4.78 is 0. The van der Waals surface area contributed by atoms with Gasteiger partial charge in [-0.05, 0) is 49.7 Å². The van der Waals surface area contributed by atoms with Crippen LogP contribution in [0.4, 0.5) is 5.69 Å². The maximum absolute atomic E-state index is 9.22. The maximum atomic E-state index is 9.22. The summed E-state index contributed by atoms with van der Waals surface area (Å²) in [6.07, 6.45) is 1.09. The molecule has 3 heteroatoms. The molecule has 2 N–H and O–H groups in total. The van der Waals surface area contributed by atoms with Gasteiger partial charge >= 0.3 is 0 Å². The fraction of sp³-hybridized carbons (Fsp3) is 0.286. The Hall–Kier alpha value is -1.48. The van der Waals surface area contributed by atoms with Crippen LogP contribution in [0, 0.1) is 0 Å². The Labute approximate surface area is 106 Å². The molecule has 2 rings (SSSR count). The van der Waals surface area contributed by atoms with E-state index in [1.54, 1.807) is 12.1 Å². The van der Waals surface area contributed by atoms with Gasteiger partial charge in [0.05, 0.1) is 6.04 Å². The molecule has 1 unspecified atom stereocenters. The second-order valence-electron chi connectivity index (χ2n) is 4.07. The minimum absolute atomic E-state index is 0.296. The molecule has 0 fully saturated rings. The number of aryl methyl sites for hydroxylation is 1. The minimum atomic E-state index is 0.296. The third-order valence-electron chi connectivity index (χ3n) is 2.71. The number of thiophene rings is 1. The fourth-order valence-electron chi connectivity index (χ4n) is 1.70. The Morgan fingerprint density at radius 1 is 1.18 bits per heavy atom. The molecule has 0 aliphatic carbocycles. The molecular weight excluding hydrogens is 230 g/mol. The van der Waals surface area contributed by atoms with Crippen LogP contribution in [0.1, 0.15) is 29.6 Å². The predicted octanol–water partition coefficient (Wildman–Crippen LogP) is 4.19. The number of phenols is 1. The number of benzene rings is 1. The molecule has 0 amide bonds. The fourth-order valence-corrected chi connectivity index (χ4v) is 2.65. The third kappa shape index (κ3) is 3.01. The summed E-state index contributed by atoms with van der Waals surface area (Å²) >= 11 is 1.85. The Morgan fingerprint density at radius 3 is 2.47 bits per heavy atom. The molecule has 17 heavy (non-hydrogen) atoms. The van der Waals surface area contributed by atoms with Crippen LogP contribution in [0.15, 0.2) is 36.4 Å². The highest BCUT2D eigenvalue weighted by Crippen LogP contribution is 2.27. The van der Waals surface area contributed by atoms with Gasteiger partial charge in [-0.2, -0.15) is 0 Å². The van der Waals surface area contributed by atoms with Crippen molar-refractivity contribution in [1.82, 2.24) is 0 Å². The van der Waals surface area contributed by atoms with E-state index in [0.717, 1.165) is 12.1 Å². The van der Waals surface area contributed by atoms with Crippen molar-refractivity contribution < 1.29 is 5.11 Å². The Kier molecular flexibility index (Phi) is 3.69. The van der Waals surface area contributed by atoms with E-state index in [1.807, 2.05) is 23.5 Å². The summed E-state index contributed by atoms with van der Waals surface area (Å²) in [7, 11) is 0. The van der Waals surface area contributed by atoms with Gasteiger partial charge in [0.15, 0.2) is 0 Å². The minimum Gasteiger partial charge on any atom is -0.508 e. The van der Waals surface area contributed by atoms with Gasteiger partial charge in [0.2, 0.25) is 0 Å². The van der Waals surface area contributed by atoms with E-state index >= 15 is 0 Å². The average molecular weight is 247 g/mol. The number of hydrogen-bond acceptors (Lipinski definition) is 3. The quantitative estimate of drug-likeness (QED) is 0.794. The zero-order valence-electron chi connectivity index (χ0n) is 10.1. The normalized spacial score (nSPS) is 12.4. The first-order chi connectivity index (χ1) is 8.19. The lowest BCUT2D eigenvalue weighted by atomic mass is 10.2. The van der Waals surface area contributed by atoms with Crippen LogP contribution in [0.2, 0.25) is 0 Å². The topological polar surface area (TPSA) is 32.3 Å². The molecule has 1 aromatic carbocycles. The van der Waals surface area contributed by atoms with Crippen LogP contribution in [-0.4, -0.2) is 5.11 Å². The molecule has 2 nitrogen and oxygen atoms in total. The lowest BCUT2D eigenvalue weighted by Gasteiger charge is -2.13. The van der Waals surface area contributed by atoms with Crippen LogP contribution in [0.25, 0.3) is 0 Å². The average Bonchev–Trinajstić information content (AvgIpc) is 2.81. The standard InChI is InChI=1S/C14H17NOS/c1-3-13-8-9-14(17-13)10(2)15-11-4-6-12(16)7-5-11/h4-10,15-16H,3H2,1-2H3. The van der Waals surface area contributed by atoms with Crippen molar-refractivity contribution in [1.29, 1.82) is 0 Å². The van der Waals surface area contributed by atoms with E-state index in [1.165, 1.54) is 9.75 Å². The van der Waals surface area contributed by atoms with Crippen molar-refractivity contribution in [2.75, 3.05) is 5.32 Å². The van der Waals surface area contributed by atoms with Gasteiger partial charge in [0.1, 0.15) is 5.75 Å². The van der Waals surface area contributed by atoms with Crippen molar-refractivity contribution in [3.8, 4) is 5.75 Å². The number of nitrogens with one attached hydrogen (secondary N) is 1. The highest BCUT2D eigenvalue weighted by molar-refractivity contribution is 7.12. The van der Waals surface area contributed by atoms with Gasteiger partial charge in [-0.25, -0.2) is 0 Å². The molecule has 1 aromatic heterocycles. The molecule has 0 spiro atoms. The Morgan fingerprint density at radius 2 is 1.88 bits per heavy atom. The van der Waals surface area contributed by atoms with E-state index < -0.39 is 0 Å². The van der Waals surface area contributed by atoms with E-state index in [9.17, 15) is 5.11 Å². The van der Waals surface area contributed by atoms with Gasteiger partial charge < -0.3 is 10.4 Å². The van der Waals surface area contributed by atoms with Crippen molar-refractivity contribution in [3.05, 3.63) is 46.2 Å². The summed E-state index contributed by atoms with van der Waals surface area (Å²) in [5.41, 5.74) is 1.03. The molecule has 0 radical (unpaired) electrons. The summed E-state index contributed by atoms with van der Waals surface area (Å²) in [4.78, 5) is 2.76. The second kappa shape index (κ2) is 5.23. The number of phenolic OH excluding ortho intramolecular Hbond substituents is 1. The molecule has 0 aliphatic rings. The lowest BCUT2D eigenvalue weighted by Crippen LogP contribution is -2.04. The van der Waals surface area contributed by atoms with Crippen LogP contribution in [0.5, 0.6) is 5.75 Å². The first kappa shape index (κ1) is 12.0. The van der Waals surface area contributed by atoms with Gasteiger partial charge in [0, 0.05) is 15.4 Å². The smallest absolute Gasteiger partial charge is 0.115 e. The van der Waals surface area contributed by atoms with Crippen LogP contribution < -0.4 is 5.32 Å². The van der Waals surface area contributed by atoms with Gasteiger partial charge in [-0.1, -0.05) is 6.92 Å². The Balaban J connectivity index is 2.05. The number of hydrogen-bond donors (Lipinski definition) is 2. The van der Waals surface area contributed by atoms with E-state index in [0.29, 0.717) is 11.8 Å². The van der Waals surface area contributed by atoms with E-state index in [-0.39, 0.29) is 0 Å². The SMILES string of the molecule is CCc1ccc(C(C)Nc2ccc(O)cc2)s1. The molecule has 0 aliphatic heterocycles. The van der Waals surface area contributed by atoms with Crippen molar-refractivity contribution in [2.45, 2.75) is 26.3 Å². The van der Waals surface area contributed by atoms with E-state index in [4.69, 9.17) is 0 Å². The monoisotopic (exact) mass is 247 g/mol. The van der Waals surface area contributed by atoms with Crippen LogP contribution in [-0.2, 0) is 6.42 Å². The highest BCUT2D eigenvalue weighted by atomic mass is 32.1. The molecule has 1 heterocycles. The van der Waals surface area contributed by atoms with Gasteiger partial charge in [0.25, 0.3) is 0 Å². The predicted molar refractivity (Wildman–Crippen MR) is 73.8 cm³/mol. The zero-order valence-corrected chi connectivity index (χ0v) is 10.9. The molecule has 0 bridgehead atoms. The Bertz CT molecular complexity index is 475. The maximum Gasteiger partial charge on any atom is 0.115 e. The summed E-state index contributed by atoms with van der Waals surface area (Å²) in [5.74, 6) is 0.299. The summed E-state index contributed by atoms with van der Waals surface area (Å²) in [6.45, 7) is 4.33. The number of rotatable bonds is 4. The van der Waals surface area contributed by atoms with Gasteiger partial charge in [-0.3, -0.25) is 0 Å². The van der Waals surface area contributed by atoms with E-state index in [2.05, 4.69) is 31.3 Å². The summed E-state index contributed by atoms with van der Waals surface area (Å²) in [5, 5.41) is 12.6. The molecule has 0 saturated carbocycles. The third-order valence-corrected chi connectivity index (χ3v) is 4.12. The van der Waals surface area contributed by atoms with Crippen LogP contribution in [0.3, 0.4) is 0 Å². The lowest BCUT2D eigenvalue weighted by molar-refractivity contribution is 0.475. The first-order valence-corrected chi connectivity index (χ1v) is 6.65. The molecule has 90 valence electrons. The van der Waals surface area contributed by atoms with Crippen molar-refractivity contribution >= 4 is 17.0 Å². The molecular formula is C14H17NOS. The number of aromatic hydroxyl groups is 1. The second-order valence-corrected chi connectivity index (χ2v) is 5.27. The van der Waals surface area contributed by atoms with Gasteiger partial charge in [-0.15, -0.1) is 11.3 Å². The molecule has 0 saturated heterocycles. The molecule has 2 aromatic rings. The summed E-state index contributed by atoms with van der Waals surface area (Å²) in [6, 6.07) is 11.8. The number of anilines is 1. The zero-order chi connectivity index (χ0) is 12.3. The van der Waals surface area contributed by atoms with Crippen molar-refractivity contribution in [3.63, 3.8) is 0 Å². The highest BCUT2D eigenvalue weighted by Gasteiger charge is 2.07. The largest absolute Gasteiger partial charge is 0.508 e.